The Morgan fingerprint density at radius 1 is 1.75 bits per heavy atom. The molecule has 2 N–H and O–H groups in total. The maximum atomic E-state index is 5.09. The highest BCUT2D eigenvalue weighted by atomic mass is 15.7. The summed E-state index contributed by atoms with van der Waals surface area (Å²) in [5, 5.41) is 10.7. The van der Waals surface area contributed by atoms with E-state index in [9.17, 15) is 0 Å². The van der Waals surface area contributed by atoms with Gasteiger partial charge < -0.3 is 5.84 Å². The third-order valence-electron chi connectivity index (χ3n) is 0.786. The van der Waals surface area contributed by atoms with Crippen LogP contribution in [0, 0.1) is 0 Å². The number of nitrogens with two attached hydrogens (primary N) is 1. The van der Waals surface area contributed by atoms with E-state index in [0.717, 1.165) is 11.3 Å². The van der Waals surface area contributed by atoms with Crippen LogP contribution in [0.3, 0.4) is 0 Å². The third-order valence-corrected chi connectivity index (χ3v) is 0.786. The fraction of sp³-hybridized carbons (Fsp3) is 0.667. The summed E-state index contributed by atoms with van der Waals surface area (Å²) in [4.78, 5) is 0.957. The first kappa shape index (κ1) is 5.02. The van der Waals surface area contributed by atoms with Gasteiger partial charge in [-0.1, -0.05) is 11.8 Å². The van der Waals surface area contributed by atoms with Crippen molar-refractivity contribution in [2.24, 2.45) is 0 Å². The van der Waals surface area contributed by atoms with Crippen LogP contribution in [-0.2, 0) is 6.42 Å². The van der Waals surface area contributed by atoms with Crippen molar-refractivity contribution in [3.63, 3.8) is 0 Å². The highest BCUT2D eigenvalue weighted by Crippen LogP contribution is 1.81. The zero-order chi connectivity index (χ0) is 5.98. The molecule has 0 aliphatic carbocycles. The molecule has 0 fully saturated rings. The molecule has 0 aromatic carbocycles. The smallest absolute Gasteiger partial charge is 0.176 e. The SMILES string of the molecule is CCc1nnn(N)n1. The standard InChI is InChI=1S/C3H7N5/c1-2-3-5-7-8(4)6-3/h2,4H2,1H3. The Bertz CT molecular complexity index is 168. The Labute approximate surface area is 46.5 Å². The molecule has 0 atom stereocenters. The Balaban J connectivity index is 2.84. The van der Waals surface area contributed by atoms with Crippen LogP contribution in [0.25, 0.3) is 0 Å². The van der Waals surface area contributed by atoms with Crippen LogP contribution in [0.1, 0.15) is 12.7 Å². The number of hydrogen-bond donors (Lipinski definition) is 1. The van der Waals surface area contributed by atoms with Gasteiger partial charge in [0.1, 0.15) is 0 Å². The summed E-state index contributed by atoms with van der Waals surface area (Å²) in [6, 6.07) is 0. The lowest BCUT2D eigenvalue weighted by Gasteiger charge is -1.77. The van der Waals surface area contributed by atoms with E-state index in [2.05, 4.69) is 15.4 Å². The fourth-order valence-electron chi connectivity index (χ4n) is 0.397. The molecule has 0 spiro atoms. The van der Waals surface area contributed by atoms with Gasteiger partial charge in [-0.15, -0.1) is 10.2 Å². The van der Waals surface area contributed by atoms with Crippen molar-refractivity contribution in [2.45, 2.75) is 13.3 Å². The van der Waals surface area contributed by atoms with E-state index < -0.39 is 0 Å². The van der Waals surface area contributed by atoms with E-state index in [1.165, 1.54) is 0 Å². The minimum absolute atomic E-state index is 0.674. The van der Waals surface area contributed by atoms with Gasteiger partial charge >= 0.3 is 0 Å². The molecule has 0 bridgehead atoms. The molecule has 0 amide bonds. The second-order valence-electron chi connectivity index (χ2n) is 1.38. The van der Waals surface area contributed by atoms with Crippen molar-refractivity contribution in [3.05, 3.63) is 5.82 Å². The summed E-state index contributed by atoms with van der Waals surface area (Å²) >= 11 is 0. The van der Waals surface area contributed by atoms with Crippen molar-refractivity contribution >= 4 is 0 Å². The number of hydrogen-bond acceptors (Lipinski definition) is 4. The van der Waals surface area contributed by atoms with Gasteiger partial charge in [-0.2, -0.15) is 0 Å². The van der Waals surface area contributed by atoms with E-state index in [1.54, 1.807) is 0 Å². The molecule has 44 valence electrons. The lowest BCUT2D eigenvalue weighted by Crippen LogP contribution is -2.11. The first-order chi connectivity index (χ1) is 3.83. The predicted octanol–water partition coefficient (Wildman–Crippen LogP) is -1.05. The second-order valence-corrected chi connectivity index (χ2v) is 1.38. The number of rotatable bonds is 1. The molecule has 0 saturated heterocycles. The van der Waals surface area contributed by atoms with Gasteiger partial charge in [0.25, 0.3) is 0 Å². The summed E-state index contributed by atoms with van der Waals surface area (Å²) in [6.07, 6.45) is 0.775. The zero-order valence-corrected chi connectivity index (χ0v) is 4.57. The number of tetrazole rings is 1. The van der Waals surface area contributed by atoms with Gasteiger partial charge in [0.15, 0.2) is 5.82 Å². The first-order valence-electron chi connectivity index (χ1n) is 2.37. The molecule has 0 saturated carbocycles. The molecule has 1 heterocycles. The van der Waals surface area contributed by atoms with Crippen molar-refractivity contribution in [2.75, 3.05) is 5.84 Å². The van der Waals surface area contributed by atoms with Crippen LogP contribution < -0.4 is 5.84 Å². The number of nitrogens with zero attached hydrogens (tertiary/aromatic N) is 4. The third kappa shape index (κ3) is 0.749. The molecule has 8 heavy (non-hydrogen) atoms. The second kappa shape index (κ2) is 1.77. The Kier molecular flexibility index (Phi) is 1.11. The highest BCUT2D eigenvalue weighted by molar-refractivity contribution is 4.72. The molecule has 5 heteroatoms. The Morgan fingerprint density at radius 3 is 2.75 bits per heavy atom. The normalized spacial score (nSPS) is 9.62. The average Bonchev–Trinajstić information content (AvgIpc) is 2.14. The minimum atomic E-state index is 0.674. The highest BCUT2D eigenvalue weighted by Gasteiger charge is 1.92. The van der Waals surface area contributed by atoms with Crippen molar-refractivity contribution < 1.29 is 0 Å². The van der Waals surface area contributed by atoms with Crippen molar-refractivity contribution in [3.8, 4) is 0 Å². The maximum absolute atomic E-state index is 5.09. The lowest BCUT2D eigenvalue weighted by atomic mass is 10.5. The van der Waals surface area contributed by atoms with Crippen LogP contribution in [-0.4, -0.2) is 20.3 Å². The van der Waals surface area contributed by atoms with Gasteiger partial charge in [-0.3, -0.25) is 0 Å². The number of aryl methyl sites for hydroxylation is 1. The quantitative estimate of drug-likeness (QED) is 0.472. The van der Waals surface area contributed by atoms with Gasteiger partial charge in [-0.05, 0) is 5.21 Å². The summed E-state index contributed by atoms with van der Waals surface area (Å²) in [7, 11) is 0. The molecule has 0 aliphatic heterocycles. The van der Waals surface area contributed by atoms with Crippen LogP contribution in [0.2, 0.25) is 0 Å². The summed E-state index contributed by atoms with van der Waals surface area (Å²) in [5.74, 6) is 5.76. The topological polar surface area (TPSA) is 69.6 Å². The minimum Gasteiger partial charge on any atom is -0.304 e. The number of nitrogen functional groups attached to an aromatic ring is 1. The molecule has 0 aliphatic rings. The molecule has 1 aromatic heterocycles. The molecule has 0 radical (unpaired) electrons. The van der Waals surface area contributed by atoms with Crippen molar-refractivity contribution in [1.29, 1.82) is 0 Å². The molecule has 0 unspecified atom stereocenters. The Morgan fingerprint density at radius 2 is 2.50 bits per heavy atom. The van der Waals surface area contributed by atoms with Crippen LogP contribution in [0.15, 0.2) is 0 Å². The largest absolute Gasteiger partial charge is 0.304 e. The van der Waals surface area contributed by atoms with Gasteiger partial charge in [-0.25, -0.2) is 0 Å². The van der Waals surface area contributed by atoms with Crippen molar-refractivity contribution in [1.82, 2.24) is 20.3 Å². The Hall–Kier alpha value is -1.13. The van der Waals surface area contributed by atoms with E-state index in [-0.39, 0.29) is 0 Å². The van der Waals surface area contributed by atoms with Crippen LogP contribution >= 0.6 is 0 Å². The monoisotopic (exact) mass is 113 g/mol. The zero-order valence-electron chi connectivity index (χ0n) is 4.57. The van der Waals surface area contributed by atoms with Crippen LogP contribution in [0.5, 0.6) is 0 Å². The fourth-order valence-corrected chi connectivity index (χ4v) is 0.397. The lowest BCUT2D eigenvalue weighted by molar-refractivity contribution is 0.677. The molecular formula is C3H7N5. The van der Waals surface area contributed by atoms with E-state index in [4.69, 9.17) is 5.84 Å². The molecule has 1 rings (SSSR count). The van der Waals surface area contributed by atoms with E-state index >= 15 is 0 Å². The predicted molar refractivity (Wildman–Crippen MR) is 27.3 cm³/mol. The van der Waals surface area contributed by atoms with Crippen LogP contribution in [0.4, 0.5) is 0 Å². The molecule has 1 aromatic rings. The first-order valence-corrected chi connectivity index (χ1v) is 2.37. The van der Waals surface area contributed by atoms with Gasteiger partial charge in [0.05, 0.1) is 0 Å². The summed E-state index contributed by atoms with van der Waals surface area (Å²) in [6.45, 7) is 1.94. The summed E-state index contributed by atoms with van der Waals surface area (Å²) in [5.41, 5.74) is 0. The van der Waals surface area contributed by atoms with Gasteiger partial charge in [0.2, 0.25) is 0 Å². The molecular weight excluding hydrogens is 106 g/mol. The van der Waals surface area contributed by atoms with Gasteiger partial charge in [0, 0.05) is 6.42 Å². The summed E-state index contributed by atoms with van der Waals surface area (Å²) < 4.78 is 0. The molecule has 5 nitrogen and oxygen atoms in total. The number of aromatic nitrogens is 4. The average molecular weight is 113 g/mol. The maximum Gasteiger partial charge on any atom is 0.176 e. The van der Waals surface area contributed by atoms with E-state index in [0.29, 0.717) is 5.82 Å². The van der Waals surface area contributed by atoms with E-state index in [1.807, 2.05) is 6.92 Å².